The Hall–Kier alpha value is -0.300. The first-order valence-electron chi connectivity index (χ1n) is 13.6. The van der Waals surface area contributed by atoms with E-state index in [-0.39, 0.29) is 6.10 Å². The zero-order valence-electron chi connectivity index (χ0n) is 20.9. The molecule has 4 fully saturated rings. The van der Waals surface area contributed by atoms with Crippen molar-refractivity contribution >= 4 is 0 Å². The van der Waals surface area contributed by atoms with Gasteiger partial charge in [-0.1, -0.05) is 53.7 Å². The van der Waals surface area contributed by atoms with Crippen LogP contribution < -0.4 is 0 Å². The van der Waals surface area contributed by atoms with Gasteiger partial charge in [0, 0.05) is 0 Å². The molecule has 0 aromatic heterocycles. The summed E-state index contributed by atoms with van der Waals surface area (Å²) in [5, 5.41) is 10.3. The Morgan fingerprint density at radius 2 is 1.57 bits per heavy atom. The fourth-order valence-corrected chi connectivity index (χ4v) is 9.42. The number of fused-ring (bicyclic) bond motifs is 5. The molecule has 4 aliphatic carbocycles. The molecule has 0 spiro atoms. The predicted octanol–water partition coefficient (Wildman–Crippen LogP) is 7.88. The third kappa shape index (κ3) is 3.74. The highest BCUT2D eigenvalue weighted by Crippen LogP contribution is 2.68. The Labute approximate surface area is 187 Å². The molecule has 0 saturated heterocycles. The molecule has 1 N–H and O–H groups in total. The molecule has 1 heteroatoms. The second kappa shape index (κ2) is 8.57. The lowest BCUT2D eigenvalue weighted by Crippen LogP contribution is -2.54. The number of rotatable bonds is 5. The standard InChI is InChI=1S/C29H50O/c1-7-21(19(2)3)9-8-20(4)25-12-13-26-24-11-10-22-18-23(30)14-16-28(22,5)27(24)15-17-29(25,26)6/h8-9,19-27,30H,7,10-18H2,1-6H3/b9-8+/t20-,21-,22+,23+,24?,25-,26?,27?,28+,29-/m1/s1. The normalized spacial score (nSPS) is 48.3. The van der Waals surface area contributed by atoms with E-state index >= 15 is 0 Å². The summed E-state index contributed by atoms with van der Waals surface area (Å²) in [6.07, 6.45) is 18.5. The predicted molar refractivity (Wildman–Crippen MR) is 128 cm³/mol. The maximum absolute atomic E-state index is 10.3. The Balaban J connectivity index is 1.49. The van der Waals surface area contributed by atoms with E-state index in [4.69, 9.17) is 0 Å². The summed E-state index contributed by atoms with van der Waals surface area (Å²) in [6, 6.07) is 0. The molecule has 0 bridgehead atoms. The zero-order valence-corrected chi connectivity index (χ0v) is 20.9. The van der Waals surface area contributed by atoms with Crippen molar-refractivity contribution in [2.75, 3.05) is 0 Å². The highest BCUT2D eigenvalue weighted by Gasteiger charge is 2.60. The minimum Gasteiger partial charge on any atom is -0.393 e. The van der Waals surface area contributed by atoms with Gasteiger partial charge < -0.3 is 5.11 Å². The Morgan fingerprint density at radius 1 is 0.867 bits per heavy atom. The van der Waals surface area contributed by atoms with Gasteiger partial charge in [0.1, 0.15) is 0 Å². The van der Waals surface area contributed by atoms with Gasteiger partial charge in [0.2, 0.25) is 0 Å². The van der Waals surface area contributed by atoms with Crippen molar-refractivity contribution in [2.45, 2.75) is 112 Å². The quantitative estimate of drug-likeness (QED) is 0.454. The second-order valence-electron chi connectivity index (χ2n) is 12.9. The lowest BCUT2D eigenvalue weighted by molar-refractivity contribution is -0.128. The number of hydrogen-bond donors (Lipinski definition) is 1. The molecule has 0 aromatic carbocycles. The summed E-state index contributed by atoms with van der Waals surface area (Å²) in [7, 11) is 0. The first-order valence-corrected chi connectivity index (χ1v) is 13.6. The largest absolute Gasteiger partial charge is 0.393 e. The molecule has 0 amide bonds. The van der Waals surface area contributed by atoms with Crippen LogP contribution in [0.15, 0.2) is 12.2 Å². The molecule has 10 atom stereocenters. The summed E-state index contributed by atoms with van der Waals surface area (Å²) in [4.78, 5) is 0. The fraction of sp³-hybridized carbons (Fsp3) is 0.931. The SMILES string of the molecule is CC[C@H](/C=C/[C@@H](C)[C@H]1CCC2C3CC[C@H]4C[C@@H](O)CC[C@]4(C)C3CC[C@@]21C)C(C)C. The monoisotopic (exact) mass is 414 g/mol. The number of allylic oxidation sites excluding steroid dienone is 2. The van der Waals surface area contributed by atoms with Gasteiger partial charge in [-0.25, -0.2) is 0 Å². The van der Waals surface area contributed by atoms with Crippen molar-refractivity contribution in [3.63, 3.8) is 0 Å². The van der Waals surface area contributed by atoms with E-state index < -0.39 is 0 Å². The van der Waals surface area contributed by atoms with E-state index in [2.05, 4.69) is 53.7 Å². The molecule has 4 rings (SSSR count). The molecular formula is C29H50O. The van der Waals surface area contributed by atoms with E-state index in [0.717, 1.165) is 60.2 Å². The lowest BCUT2D eigenvalue weighted by atomic mass is 9.44. The molecule has 30 heavy (non-hydrogen) atoms. The number of aliphatic hydroxyl groups is 1. The maximum atomic E-state index is 10.3. The van der Waals surface area contributed by atoms with Crippen LogP contribution in [-0.2, 0) is 0 Å². The molecule has 0 radical (unpaired) electrons. The average Bonchev–Trinajstić information content (AvgIpc) is 3.06. The first kappa shape index (κ1) is 22.9. The molecule has 172 valence electrons. The van der Waals surface area contributed by atoms with Crippen LogP contribution in [0.5, 0.6) is 0 Å². The van der Waals surface area contributed by atoms with Gasteiger partial charge in [-0.15, -0.1) is 0 Å². The summed E-state index contributed by atoms with van der Waals surface area (Å²) >= 11 is 0. The van der Waals surface area contributed by atoms with Crippen molar-refractivity contribution in [1.82, 2.24) is 0 Å². The maximum Gasteiger partial charge on any atom is 0.0543 e. The Bertz CT molecular complexity index is 622. The Morgan fingerprint density at radius 3 is 2.27 bits per heavy atom. The third-order valence-electron chi connectivity index (χ3n) is 11.3. The highest BCUT2D eigenvalue weighted by molar-refractivity contribution is 5.11. The number of aliphatic hydroxyl groups excluding tert-OH is 1. The van der Waals surface area contributed by atoms with Gasteiger partial charge in [-0.05, 0) is 122 Å². The van der Waals surface area contributed by atoms with Gasteiger partial charge >= 0.3 is 0 Å². The third-order valence-corrected chi connectivity index (χ3v) is 11.3. The summed E-state index contributed by atoms with van der Waals surface area (Å²) in [6.45, 7) is 14.9. The van der Waals surface area contributed by atoms with Crippen LogP contribution in [0.4, 0.5) is 0 Å². The van der Waals surface area contributed by atoms with Crippen molar-refractivity contribution in [3.8, 4) is 0 Å². The van der Waals surface area contributed by atoms with Crippen LogP contribution >= 0.6 is 0 Å². The van der Waals surface area contributed by atoms with Crippen molar-refractivity contribution < 1.29 is 5.11 Å². The number of hydrogen-bond acceptors (Lipinski definition) is 1. The van der Waals surface area contributed by atoms with Crippen molar-refractivity contribution in [2.24, 2.45) is 58.2 Å². The van der Waals surface area contributed by atoms with Crippen molar-refractivity contribution in [1.29, 1.82) is 0 Å². The molecular weight excluding hydrogens is 364 g/mol. The molecule has 0 aromatic rings. The second-order valence-corrected chi connectivity index (χ2v) is 12.9. The first-order chi connectivity index (χ1) is 14.2. The smallest absolute Gasteiger partial charge is 0.0543 e. The van der Waals surface area contributed by atoms with E-state index in [0.29, 0.717) is 10.8 Å². The summed E-state index contributed by atoms with van der Waals surface area (Å²) in [5.41, 5.74) is 1.07. The van der Waals surface area contributed by atoms with Gasteiger partial charge in [-0.3, -0.25) is 0 Å². The Kier molecular flexibility index (Phi) is 6.53. The summed E-state index contributed by atoms with van der Waals surface area (Å²) < 4.78 is 0. The van der Waals surface area contributed by atoms with Crippen LogP contribution in [0.1, 0.15) is 106 Å². The molecule has 4 saturated carbocycles. The van der Waals surface area contributed by atoms with Crippen LogP contribution in [-0.4, -0.2) is 11.2 Å². The lowest BCUT2D eigenvalue weighted by Gasteiger charge is -2.61. The average molecular weight is 415 g/mol. The van der Waals surface area contributed by atoms with E-state index in [9.17, 15) is 5.11 Å². The van der Waals surface area contributed by atoms with Gasteiger partial charge in [0.15, 0.2) is 0 Å². The minimum atomic E-state index is -0.0187. The van der Waals surface area contributed by atoms with Gasteiger partial charge in [0.25, 0.3) is 0 Å². The highest BCUT2D eigenvalue weighted by atomic mass is 16.3. The van der Waals surface area contributed by atoms with Crippen LogP contribution in [0.2, 0.25) is 0 Å². The summed E-state index contributed by atoms with van der Waals surface area (Å²) in [5.74, 6) is 6.72. The molecule has 0 aliphatic heterocycles. The van der Waals surface area contributed by atoms with Crippen LogP contribution in [0, 0.1) is 58.2 Å². The minimum absolute atomic E-state index is 0.0187. The zero-order chi connectivity index (χ0) is 21.7. The molecule has 0 heterocycles. The van der Waals surface area contributed by atoms with E-state index in [1.54, 1.807) is 0 Å². The van der Waals surface area contributed by atoms with Gasteiger partial charge in [-0.2, -0.15) is 0 Å². The molecule has 4 aliphatic rings. The fourth-order valence-electron chi connectivity index (χ4n) is 9.42. The molecule has 3 unspecified atom stereocenters. The van der Waals surface area contributed by atoms with E-state index in [1.165, 1.54) is 51.4 Å². The van der Waals surface area contributed by atoms with Crippen LogP contribution in [0.3, 0.4) is 0 Å². The van der Waals surface area contributed by atoms with Crippen molar-refractivity contribution in [3.05, 3.63) is 12.2 Å². The molecule has 1 nitrogen and oxygen atoms in total. The topological polar surface area (TPSA) is 20.2 Å². The van der Waals surface area contributed by atoms with Crippen LogP contribution in [0.25, 0.3) is 0 Å². The van der Waals surface area contributed by atoms with Gasteiger partial charge in [0.05, 0.1) is 6.10 Å². The van der Waals surface area contributed by atoms with E-state index in [1.807, 2.05) is 0 Å².